The van der Waals surface area contributed by atoms with Crippen molar-refractivity contribution in [3.63, 3.8) is 0 Å². The van der Waals surface area contributed by atoms with Gasteiger partial charge in [-0.15, -0.1) is 0 Å². The van der Waals surface area contributed by atoms with Crippen LogP contribution in [0.2, 0.25) is 0 Å². The van der Waals surface area contributed by atoms with Gasteiger partial charge in [0.1, 0.15) is 0 Å². The molecule has 0 N–H and O–H groups in total. The summed E-state index contributed by atoms with van der Waals surface area (Å²) in [5.74, 6) is -0.621. The second-order valence-electron chi connectivity index (χ2n) is 8.05. The predicted molar refractivity (Wildman–Crippen MR) is 90.2 cm³/mol. The zero-order chi connectivity index (χ0) is 18.3. The van der Waals surface area contributed by atoms with Crippen molar-refractivity contribution in [1.82, 2.24) is 0 Å². The summed E-state index contributed by atoms with van der Waals surface area (Å²) >= 11 is 0. The Bertz CT molecular complexity index is 522. The molecule has 0 amide bonds. The van der Waals surface area contributed by atoms with Gasteiger partial charge in [0.2, 0.25) is 5.78 Å². The van der Waals surface area contributed by atoms with Gasteiger partial charge in [-0.1, -0.05) is 34.3 Å². The fraction of sp³-hybridized carbons (Fsp3) is 0.789. The highest BCUT2D eigenvalue weighted by Crippen LogP contribution is 2.56. The standard InChI is InChI=1S/C19H30O5/c1-8-16(21)22-10-14(20)19-15(23-18(6,7)24-19)9-13(11(2)3)17(19)12(4)5/h8,11-13,15,17H,1,9-10H2,2-7H3/t13?,15-,17?,19-/m1/s1. The number of rotatable bonds is 6. The quantitative estimate of drug-likeness (QED) is 0.550. The first-order chi connectivity index (χ1) is 11.0. The number of fused-ring (bicyclic) bond motifs is 1. The minimum absolute atomic E-state index is 0.0270. The van der Waals surface area contributed by atoms with Crippen LogP contribution in [0.4, 0.5) is 0 Å². The van der Waals surface area contributed by atoms with E-state index in [0.29, 0.717) is 11.8 Å². The van der Waals surface area contributed by atoms with Crippen molar-refractivity contribution in [2.45, 2.75) is 65.5 Å². The van der Waals surface area contributed by atoms with Gasteiger partial charge in [0.25, 0.3) is 0 Å². The van der Waals surface area contributed by atoms with E-state index in [4.69, 9.17) is 14.2 Å². The number of carbonyl (C=O) groups is 2. The van der Waals surface area contributed by atoms with Crippen LogP contribution in [0, 0.1) is 23.7 Å². The third kappa shape index (κ3) is 3.16. The molecule has 0 bridgehead atoms. The molecule has 2 fully saturated rings. The van der Waals surface area contributed by atoms with E-state index >= 15 is 0 Å². The first kappa shape index (κ1) is 19.1. The third-order valence-electron chi connectivity index (χ3n) is 5.28. The molecule has 1 saturated carbocycles. The summed E-state index contributed by atoms with van der Waals surface area (Å²) in [5, 5.41) is 0. The maximum atomic E-state index is 13.1. The Morgan fingerprint density at radius 2 is 1.88 bits per heavy atom. The molecule has 2 aliphatic rings. The monoisotopic (exact) mass is 338 g/mol. The van der Waals surface area contributed by atoms with Gasteiger partial charge < -0.3 is 14.2 Å². The van der Waals surface area contributed by atoms with Crippen LogP contribution >= 0.6 is 0 Å². The number of hydrogen-bond acceptors (Lipinski definition) is 5. The lowest BCUT2D eigenvalue weighted by Gasteiger charge is -2.38. The lowest BCUT2D eigenvalue weighted by atomic mass is 9.72. The maximum absolute atomic E-state index is 13.1. The summed E-state index contributed by atoms with van der Waals surface area (Å²) in [7, 11) is 0. The maximum Gasteiger partial charge on any atom is 0.330 e. The Morgan fingerprint density at radius 1 is 1.25 bits per heavy atom. The van der Waals surface area contributed by atoms with Gasteiger partial charge in [0.05, 0.1) is 6.10 Å². The topological polar surface area (TPSA) is 61.8 Å². The Balaban J connectivity index is 2.38. The number of Topliss-reactive ketones (excluding diaryl/α,β-unsaturated/α-hetero) is 1. The molecule has 4 atom stereocenters. The van der Waals surface area contributed by atoms with Crippen LogP contribution < -0.4 is 0 Å². The Morgan fingerprint density at radius 3 is 2.38 bits per heavy atom. The SMILES string of the molecule is C=CC(=O)OCC(=O)[C@@]12OC(C)(C)O[C@@H]1CC(C(C)C)C2C(C)C. The van der Waals surface area contributed by atoms with E-state index in [0.717, 1.165) is 12.5 Å². The van der Waals surface area contributed by atoms with Crippen molar-refractivity contribution < 1.29 is 23.8 Å². The average molecular weight is 338 g/mol. The van der Waals surface area contributed by atoms with Crippen molar-refractivity contribution in [1.29, 1.82) is 0 Å². The van der Waals surface area contributed by atoms with Crippen molar-refractivity contribution in [2.24, 2.45) is 23.7 Å². The first-order valence-corrected chi connectivity index (χ1v) is 8.75. The van der Waals surface area contributed by atoms with Crippen LogP contribution in [-0.4, -0.2) is 35.9 Å². The first-order valence-electron chi connectivity index (χ1n) is 8.75. The normalized spacial score (nSPS) is 34.4. The summed E-state index contributed by atoms with van der Waals surface area (Å²) < 4.78 is 17.4. The lowest BCUT2D eigenvalue weighted by Crippen LogP contribution is -2.54. The highest BCUT2D eigenvalue weighted by Gasteiger charge is 2.68. The fourth-order valence-electron chi connectivity index (χ4n) is 4.55. The van der Waals surface area contributed by atoms with E-state index < -0.39 is 17.4 Å². The number of esters is 1. The zero-order valence-corrected chi connectivity index (χ0v) is 15.6. The summed E-state index contributed by atoms with van der Waals surface area (Å²) in [6.45, 7) is 15.3. The molecule has 0 radical (unpaired) electrons. The van der Waals surface area contributed by atoms with E-state index in [2.05, 4.69) is 34.3 Å². The number of hydrogen-bond donors (Lipinski definition) is 0. The van der Waals surface area contributed by atoms with Gasteiger partial charge in [-0.2, -0.15) is 0 Å². The van der Waals surface area contributed by atoms with Crippen molar-refractivity contribution in [3.05, 3.63) is 12.7 Å². The molecule has 2 unspecified atom stereocenters. The molecule has 24 heavy (non-hydrogen) atoms. The number of ether oxygens (including phenoxy) is 3. The highest BCUT2D eigenvalue weighted by molar-refractivity contribution is 5.93. The minimum Gasteiger partial charge on any atom is -0.454 e. The molecule has 136 valence electrons. The molecule has 0 aromatic carbocycles. The average Bonchev–Trinajstić information content (AvgIpc) is 2.91. The molecule has 2 rings (SSSR count). The molecular formula is C19H30O5. The molecule has 5 nitrogen and oxygen atoms in total. The molecule has 0 aromatic heterocycles. The van der Waals surface area contributed by atoms with E-state index in [1.165, 1.54) is 0 Å². The van der Waals surface area contributed by atoms with Gasteiger partial charge in [0.15, 0.2) is 18.0 Å². The molecule has 1 aliphatic carbocycles. The summed E-state index contributed by atoms with van der Waals surface area (Å²) in [6, 6.07) is 0. The molecule has 1 saturated heterocycles. The number of carbonyl (C=O) groups excluding carboxylic acids is 2. The van der Waals surface area contributed by atoms with Gasteiger partial charge in [-0.05, 0) is 38.0 Å². The smallest absolute Gasteiger partial charge is 0.330 e. The third-order valence-corrected chi connectivity index (χ3v) is 5.28. The van der Waals surface area contributed by atoms with Crippen LogP contribution in [0.3, 0.4) is 0 Å². The van der Waals surface area contributed by atoms with Crippen LogP contribution in [0.1, 0.15) is 48.0 Å². The van der Waals surface area contributed by atoms with Crippen LogP contribution in [-0.2, 0) is 23.8 Å². The van der Waals surface area contributed by atoms with Crippen molar-refractivity contribution >= 4 is 11.8 Å². The largest absolute Gasteiger partial charge is 0.454 e. The van der Waals surface area contributed by atoms with Gasteiger partial charge >= 0.3 is 5.97 Å². The predicted octanol–water partition coefficient (Wildman–Crippen LogP) is 3.12. The van der Waals surface area contributed by atoms with Crippen LogP contribution in [0.25, 0.3) is 0 Å². The Labute approximate surface area is 144 Å². The van der Waals surface area contributed by atoms with E-state index in [1.807, 2.05) is 13.8 Å². The van der Waals surface area contributed by atoms with Crippen molar-refractivity contribution in [3.8, 4) is 0 Å². The van der Waals surface area contributed by atoms with E-state index in [1.54, 1.807) is 0 Å². The number of ketones is 1. The Hall–Kier alpha value is -1.20. The molecule has 1 aliphatic heterocycles. The minimum atomic E-state index is -1.05. The molecule has 0 spiro atoms. The molecule has 0 aromatic rings. The molecular weight excluding hydrogens is 308 g/mol. The van der Waals surface area contributed by atoms with Crippen LogP contribution in [0.5, 0.6) is 0 Å². The molecule has 5 heteroatoms. The highest BCUT2D eigenvalue weighted by atomic mass is 16.8. The van der Waals surface area contributed by atoms with E-state index in [9.17, 15) is 9.59 Å². The molecule has 1 heterocycles. The zero-order valence-electron chi connectivity index (χ0n) is 15.6. The van der Waals surface area contributed by atoms with Gasteiger partial charge in [-0.25, -0.2) is 4.79 Å². The fourth-order valence-corrected chi connectivity index (χ4v) is 4.55. The van der Waals surface area contributed by atoms with Crippen molar-refractivity contribution in [2.75, 3.05) is 6.61 Å². The van der Waals surface area contributed by atoms with Crippen LogP contribution in [0.15, 0.2) is 12.7 Å². The summed E-state index contributed by atoms with van der Waals surface area (Å²) in [5.41, 5.74) is -1.05. The summed E-state index contributed by atoms with van der Waals surface area (Å²) in [4.78, 5) is 24.5. The van der Waals surface area contributed by atoms with Gasteiger partial charge in [0, 0.05) is 12.0 Å². The Kier molecular flexibility index (Phi) is 5.26. The second kappa shape index (κ2) is 6.60. The second-order valence-corrected chi connectivity index (χ2v) is 8.05. The summed E-state index contributed by atoms with van der Waals surface area (Å²) in [6.07, 6.45) is 1.54. The lowest BCUT2D eigenvalue weighted by molar-refractivity contribution is -0.194. The van der Waals surface area contributed by atoms with E-state index in [-0.39, 0.29) is 30.3 Å². The van der Waals surface area contributed by atoms with Gasteiger partial charge in [-0.3, -0.25) is 4.79 Å².